The molecule has 174 valence electrons. The Bertz CT molecular complexity index is 1030. The number of benzene rings is 1. The summed E-state index contributed by atoms with van der Waals surface area (Å²) in [4.78, 5) is 14.3. The molecular weight excluding hydrogens is 418 g/mol. The van der Waals surface area contributed by atoms with Crippen LogP contribution in [0.5, 0.6) is 0 Å². The molecule has 2 unspecified atom stereocenters. The molecule has 0 radical (unpaired) electrons. The number of likely N-dealkylation sites (tertiary alicyclic amines) is 1. The Hall–Kier alpha value is -3.17. The molecule has 2 N–H and O–H groups in total. The van der Waals surface area contributed by atoms with Crippen LogP contribution in [0.4, 0.5) is 0 Å². The van der Waals surface area contributed by atoms with Crippen molar-refractivity contribution in [1.82, 2.24) is 30.3 Å². The highest BCUT2D eigenvalue weighted by molar-refractivity contribution is 5.80. The van der Waals surface area contributed by atoms with E-state index in [0.717, 1.165) is 51.1 Å². The summed E-state index contributed by atoms with van der Waals surface area (Å²) in [7, 11) is 0. The zero-order chi connectivity index (χ0) is 22.5. The van der Waals surface area contributed by atoms with Gasteiger partial charge in [0.15, 0.2) is 11.7 Å². The number of furan rings is 1. The first kappa shape index (κ1) is 21.7. The maximum atomic E-state index is 6.14. The molecular formula is C24H31N7O2. The molecule has 33 heavy (non-hydrogen) atoms. The predicted octanol–water partition coefficient (Wildman–Crippen LogP) is 2.16. The number of nitrogens with zero attached hydrogens (tertiary/aromatic N) is 5. The van der Waals surface area contributed by atoms with E-state index in [4.69, 9.17) is 14.1 Å². The SMILES string of the molecule is CCNC(=NCCc1nc(-c2ccco2)n[nH]1)N1CC2OCCN(Cc3ccccc3)C2C1. The molecule has 1 aromatic carbocycles. The first-order chi connectivity index (χ1) is 16.3. The number of aromatic amines is 1. The van der Waals surface area contributed by atoms with Gasteiger partial charge in [-0.15, -0.1) is 0 Å². The van der Waals surface area contributed by atoms with Gasteiger partial charge in [0.2, 0.25) is 5.82 Å². The molecule has 2 aromatic heterocycles. The molecule has 2 fully saturated rings. The predicted molar refractivity (Wildman–Crippen MR) is 126 cm³/mol. The maximum Gasteiger partial charge on any atom is 0.216 e. The third-order valence-corrected chi connectivity index (χ3v) is 6.16. The molecule has 0 saturated carbocycles. The van der Waals surface area contributed by atoms with Gasteiger partial charge in [-0.05, 0) is 24.6 Å². The first-order valence-electron chi connectivity index (χ1n) is 11.7. The molecule has 5 rings (SSSR count). The fraction of sp³-hybridized carbons (Fsp3) is 0.458. The van der Waals surface area contributed by atoms with Gasteiger partial charge in [0.25, 0.3) is 0 Å². The molecule has 2 saturated heterocycles. The van der Waals surface area contributed by atoms with E-state index in [1.807, 2.05) is 12.1 Å². The summed E-state index contributed by atoms with van der Waals surface area (Å²) in [6.45, 7) is 8.00. The fourth-order valence-corrected chi connectivity index (χ4v) is 4.56. The van der Waals surface area contributed by atoms with Crippen LogP contribution in [0, 0.1) is 0 Å². The van der Waals surface area contributed by atoms with Crippen molar-refractivity contribution in [2.24, 2.45) is 4.99 Å². The summed E-state index contributed by atoms with van der Waals surface area (Å²) in [5.74, 6) is 2.97. The minimum absolute atomic E-state index is 0.205. The standard InChI is InChI=1S/C24H31N7O2/c1-2-25-24(26-11-10-22-27-23(29-28-22)20-9-6-13-32-20)31-16-19-21(17-31)33-14-12-30(19)15-18-7-4-3-5-8-18/h3-9,13,19,21H,2,10-12,14-17H2,1H3,(H,25,26)(H,27,28,29). The van der Waals surface area contributed by atoms with Gasteiger partial charge in [-0.25, -0.2) is 4.98 Å². The van der Waals surface area contributed by atoms with Crippen molar-refractivity contribution in [3.8, 4) is 11.6 Å². The Morgan fingerprint density at radius 1 is 1.21 bits per heavy atom. The van der Waals surface area contributed by atoms with Crippen LogP contribution in [0.25, 0.3) is 11.6 Å². The fourth-order valence-electron chi connectivity index (χ4n) is 4.56. The highest BCUT2D eigenvalue weighted by Gasteiger charge is 2.41. The van der Waals surface area contributed by atoms with E-state index in [9.17, 15) is 0 Å². The minimum Gasteiger partial charge on any atom is -0.461 e. The van der Waals surface area contributed by atoms with E-state index in [-0.39, 0.29) is 6.10 Å². The van der Waals surface area contributed by atoms with Gasteiger partial charge in [-0.2, -0.15) is 5.10 Å². The van der Waals surface area contributed by atoms with Crippen LogP contribution in [0.1, 0.15) is 18.3 Å². The van der Waals surface area contributed by atoms with E-state index in [1.54, 1.807) is 6.26 Å². The van der Waals surface area contributed by atoms with Crippen LogP contribution in [0.3, 0.4) is 0 Å². The van der Waals surface area contributed by atoms with Gasteiger partial charge < -0.3 is 19.4 Å². The average molecular weight is 450 g/mol. The van der Waals surface area contributed by atoms with E-state index in [1.165, 1.54) is 5.56 Å². The number of hydrogen-bond donors (Lipinski definition) is 2. The summed E-state index contributed by atoms with van der Waals surface area (Å²) in [6, 6.07) is 14.7. The molecule has 9 heteroatoms. The number of fused-ring (bicyclic) bond motifs is 1. The van der Waals surface area contributed by atoms with Crippen LogP contribution in [-0.4, -0.2) is 82.4 Å². The third kappa shape index (κ3) is 5.09. The number of ether oxygens (including phenoxy) is 1. The first-order valence-corrected chi connectivity index (χ1v) is 11.7. The zero-order valence-electron chi connectivity index (χ0n) is 19.0. The average Bonchev–Trinajstić information content (AvgIpc) is 3.59. The highest BCUT2D eigenvalue weighted by atomic mass is 16.5. The lowest BCUT2D eigenvalue weighted by Crippen LogP contribution is -2.50. The van der Waals surface area contributed by atoms with Crippen LogP contribution in [-0.2, 0) is 17.7 Å². The molecule has 2 atom stereocenters. The Labute approximate surface area is 193 Å². The number of guanidine groups is 1. The van der Waals surface area contributed by atoms with Crippen molar-refractivity contribution in [2.75, 3.05) is 39.3 Å². The maximum absolute atomic E-state index is 6.14. The monoisotopic (exact) mass is 449 g/mol. The van der Waals surface area contributed by atoms with E-state index < -0.39 is 0 Å². The molecule has 2 aliphatic rings. The van der Waals surface area contributed by atoms with Crippen molar-refractivity contribution in [2.45, 2.75) is 32.0 Å². The Morgan fingerprint density at radius 2 is 2.12 bits per heavy atom. The molecule has 3 aromatic rings. The molecule has 9 nitrogen and oxygen atoms in total. The summed E-state index contributed by atoms with van der Waals surface area (Å²) in [5, 5.41) is 10.7. The van der Waals surface area contributed by atoms with Crippen LogP contribution in [0.2, 0.25) is 0 Å². The normalized spacial score (nSPS) is 21.4. The van der Waals surface area contributed by atoms with E-state index >= 15 is 0 Å². The number of H-pyrrole nitrogens is 1. The van der Waals surface area contributed by atoms with Crippen molar-refractivity contribution in [3.05, 3.63) is 60.1 Å². The third-order valence-electron chi connectivity index (χ3n) is 6.16. The topological polar surface area (TPSA) is 94.8 Å². The van der Waals surface area contributed by atoms with E-state index in [0.29, 0.717) is 30.6 Å². The molecule has 0 aliphatic carbocycles. The summed E-state index contributed by atoms with van der Waals surface area (Å²) >= 11 is 0. The second-order valence-electron chi connectivity index (χ2n) is 8.41. The van der Waals surface area contributed by atoms with Gasteiger partial charge in [-0.1, -0.05) is 30.3 Å². The highest BCUT2D eigenvalue weighted by Crippen LogP contribution is 2.24. The van der Waals surface area contributed by atoms with Crippen LogP contribution < -0.4 is 5.32 Å². The quantitative estimate of drug-likeness (QED) is 0.422. The van der Waals surface area contributed by atoms with Gasteiger partial charge >= 0.3 is 0 Å². The Morgan fingerprint density at radius 3 is 2.94 bits per heavy atom. The number of morpholine rings is 1. The molecule has 0 amide bonds. The van der Waals surface area contributed by atoms with Crippen LogP contribution >= 0.6 is 0 Å². The summed E-state index contributed by atoms with van der Waals surface area (Å²) < 4.78 is 11.5. The van der Waals surface area contributed by atoms with E-state index in [2.05, 4.69) is 67.6 Å². The number of rotatable bonds is 7. The number of nitrogens with one attached hydrogen (secondary N) is 2. The minimum atomic E-state index is 0.205. The largest absolute Gasteiger partial charge is 0.461 e. The van der Waals surface area contributed by atoms with Crippen molar-refractivity contribution in [1.29, 1.82) is 0 Å². The Balaban J connectivity index is 1.21. The smallest absolute Gasteiger partial charge is 0.216 e. The lowest BCUT2D eigenvalue weighted by Gasteiger charge is -2.36. The number of aliphatic imine (C=N–C) groups is 1. The van der Waals surface area contributed by atoms with Gasteiger partial charge in [0, 0.05) is 45.7 Å². The Kier molecular flexibility index (Phi) is 6.68. The van der Waals surface area contributed by atoms with Crippen molar-refractivity contribution in [3.63, 3.8) is 0 Å². The van der Waals surface area contributed by atoms with Crippen molar-refractivity contribution >= 4 is 5.96 Å². The van der Waals surface area contributed by atoms with Gasteiger partial charge in [0.1, 0.15) is 5.82 Å². The lowest BCUT2D eigenvalue weighted by molar-refractivity contribution is -0.0502. The summed E-state index contributed by atoms with van der Waals surface area (Å²) in [6.07, 6.45) is 2.51. The van der Waals surface area contributed by atoms with Gasteiger partial charge in [0.05, 0.1) is 25.0 Å². The van der Waals surface area contributed by atoms with Crippen molar-refractivity contribution < 1.29 is 9.15 Å². The van der Waals surface area contributed by atoms with Crippen LogP contribution in [0.15, 0.2) is 58.1 Å². The van der Waals surface area contributed by atoms with Gasteiger partial charge in [-0.3, -0.25) is 15.0 Å². The molecule has 0 spiro atoms. The summed E-state index contributed by atoms with van der Waals surface area (Å²) in [5.41, 5.74) is 1.35. The molecule has 2 aliphatic heterocycles. The second-order valence-corrected chi connectivity index (χ2v) is 8.41. The zero-order valence-corrected chi connectivity index (χ0v) is 19.0. The second kappa shape index (κ2) is 10.2. The molecule has 0 bridgehead atoms. The lowest BCUT2D eigenvalue weighted by atomic mass is 10.1. The number of aromatic nitrogens is 3. The number of hydrogen-bond acceptors (Lipinski definition) is 6. The molecule has 4 heterocycles.